The molecule has 2 aromatic rings. The molecule has 0 aliphatic heterocycles. The van der Waals surface area contributed by atoms with Crippen LogP contribution in [-0.4, -0.2) is 32.3 Å². The van der Waals surface area contributed by atoms with Gasteiger partial charge in [-0.3, -0.25) is 0 Å². The van der Waals surface area contributed by atoms with Crippen molar-refractivity contribution in [1.29, 1.82) is 0 Å². The van der Waals surface area contributed by atoms with Gasteiger partial charge in [-0.1, -0.05) is 6.07 Å². The van der Waals surface area contributed by atoms with Gasteiger partial charge in [0.2, 0.25) is 10.0 Å². The lowest BCUT2D eigenvalue weighted by Crippen LogP contribution is -2.29. The van der Waals surface area contributed by atoms with Crippen LogP contribution in [0.1, 0.15) is 35.1 Å². The monoisotopic (exact) mass is 353 g/mol. The Morgan fingerprint density at radius 1 is 1.26 bits per heavy atom. The standard InChI is InChI=1S/C16H19NO4S2/c1-4-21-16(18)13-7-9-14(10-8-13)23(19,20)17(3)12(2)15-6-5-11-22-15/h5-12H,4H2,1-3H3/t12-/m1/s1. The van der Waals surface area contributed by atoms with Crippen molar-refractivity contribution >= 4 is 27.3 Å². The Morgan fingerprint density at radius 3 is 2.43 bits per heavy atom. The molecular formula is C16H19NO4S2. The summed E-state index contributed by atoms with van der Waals surface area (Å²) in [6.07, 6.45) is 0. The molecular weight excluding hydrogens is 334 g/mol. The highest BCUT2D eigenvalue weighted by atomic mass is 32.2. The zero-order valence-electron chi connectivity index (χ0n) is 13.2. The predicted octanol–water partition coefficient (Wildman–Crippen LogP) is 3.31. The Morgan fingerprint density at radius 2 is 1.91 bits per heavy atom. The van der Waals surface area contributed by atoms with E-state index in [2.05, 4.69) is 0 Å². The molecule has 0 bridgehead atoms. The van der Waals surface area contributed by atoms with Crippen LogP contribution in [0, 0.1) is 0 Å². The molecule has 2 rings (SSSR count). The van der Waals surface area contributed by atoms with E-state index in [0.29, 0.717) is 5.56 Å². The van der Waals surface area contributed by atoms with Gasteiger partial charge in [0, 0.05) is 11.9 Å². The van der Waals surface area contributed by atoms with E-state index in [0.717, 1.165) is 4.88 Å². The fourth-order valence-electron chi connectivity index (χ4n) is 2.06. The van der Waals surface area contributed by atoms with Crippen LogP contribution in [0.25, 0.3) is 0 Å². The Kier molecular flexibility index (Phi) is 5.56. The van der Waals surface area contributed by atoms with Crippen LogP contribution in [0.2, 0.25) is 0 Å². The normalized spacial score (nSPS) is 13.0. The summed E-state index contributed by atoms with van der Waals surface area (Å²) in [5, 5.41) is 1.92. The number of nitrogens with zero attached hydrogens (tertiary/aromatic N) is 1. The van der Waals surface area contributed by atoms with E-state index in [1.807, 2.05) is 24.4 Å². The molecule has 0 unspecified atom stereocenters. The fraction of sp³-hybridized carbons (Fsp3) is 0.312. The molecule has 0 spiro atoms. The average Bonchev–Trinajstić information content (AvgIpc) is 3.08. The van der Waals surface area contributed by atoms with Crippen LogP contribution in [0.3, 0.4) is 0 Å². The third kappa shape index (κ3) is 3.80. The molecule has 0 fully saturated rings. The molecule has 0 amide bonds. The van der Waals surface area contributed by atoms with Crippen LogP contribution < -0.4 is 0 Å². The number of carbonyl (C=O) groups is 1. The third-order valence-electron chi connectivity index (χ3n) is 3.54. The average molecular weight is 353 g/mol. The van der Waals surface area contributed by atoms with Crippen molar-refractivity contribution in [3.63, 3.8) is 0 Å². The summed E-state index contributed by atoms with van der Waals surface area (Å²) in [5.41, 5.74) is 0.333. The minimum absolute atomic E-state index is 0.149. The smallest absolute Gasteiger partial charge is 0.338 e. The van der Waals surface area contributed by atoms with Crippen molar-refractivity contribution in [3.8, 4) is 0 Å². The highest BCUT2D eigenvalue weighted by Gasteiger charge is 2.27. The number of hydrogen-bond donors (Lipinski definition) is 0. The number of benzene rings is 1. The zero-order valence-corrected chi connectivity index (χ0v) is 14.9. The van der Waals surface area contributed by atoms with Crippen molar-refractivity contribution < 1.29 is 17.9 Å². The van der Waals surface area contributed by atoms with E-state index in [1.54, 1.807) is 14.0 Å². The van der Waals surface area contributed by atoms with E-state index in [4.69, 9.17) is 4.74 Å². The first-order valence-electron chi connectivity index (χ1n) is 7.16. The van der Waals surface area contributed by atoms with Gasteiger partial charge in [-0.05, 0) is 49.6 Å². The molecule has 1 atom stereocenters. The van der Waals surface area contributed by atoms with Gasteiger partial charge in [-0.15, -0.1) is 11.3 Å². The highest BCUT2D eigenvalue weighted by Crippen LogP contribution is 2.28. The zero-order chi connectivity index (χ0) is 17.0. The molecule has 5 nitrogen and oxygen atoms in total. The quantitative estimate of drug-likeness (QED) is 0.748. The van der Waals surface area contributed by atoms with Crippen LogP contribution >= 0.6 is 11.3 Å². The third-order valence-corrected chi connectivity index (χ3v) is 6.53. The number of rotatable bonds is 6. The first kappa shape index (κ1) is 17.7. The maximum absolute atomic E-state index is 12.7. The van der Waals surface area contributed by atoms with Gasteiger partial charge in [0.25, 0.3) is 0 Å². The summed E-state index contributed by atoms with van der Waals surface area (Å²) in [4.78, 5) is 12.7. The molecule has 0 N–H and O–H groups in total. The van der Waals surface area contributed by atoms with Gasteiger partial charge >= 0.3 is 5.97 Å². The van der Waals surface area contributed by atoms with Gasteiger partial charge < -0.3 is 4.74 Å². The second-order valence-electron chi connectivity index (χ2n) is 4.96. The van der Waals surface area contributed by atoms with Crippen LogP contribution in [-0.2, 0) is 14.8 Å². The van der Waals surface area contributed by atoms with Crippen molar-refractivity contribution in [2.45, 2.75) is 24.8 Å². The number of sulfonamides is 1. The Balaban J connectivity index is 2.24. The summed E-state index contributed by atoms with van der Waals surface area (Å²) in [6, 6.07) is 9.34. The minimum Gasteiger partial charge on any atom is -0.462 e. The van der Waals surface area contributed by atoms with Gasteiger partial charge in [0.15, 0.2) is 0 Å². The Hall–Kier alpha value is -1.70. The molecule has 7 heteroatoms. The molecule has 23 heavy (non-hydrogen) atoms. The number of thiophene rings is 1. The summed E-state index contributed by atoms with van der Waals surface area (Å²) in [7, 11) is -2.08. The van der Waals surface area contributed by atoms with E-state index >= 15 is 0 Å². The van der Waals surface area contributed by atoms with Gasteiger partial charge in [0.1, 0.15) is 0 Å². The molecule has 0 saturated carbocycles. The topological polar surface area (TPSA) is 63.7 Å². The van der Waals surface area contributed by atoms with Gasteiger partial charge in [-0.2, -0.15) is 4.31 Å². The minimum atomic E-state index is -3.63. The van der Waals surface area contributed by atoms with Crippen molar-refractivity contribution in [2.75, 3.05) is 13.7 Å². The second kappa shape index (κ2) is 7.25. The Bertz CT molecular complexity index is 752. The molecule has 0 saturated heterocycles. The molecule has 124 valence electrons. The molecule has 0 aliphatic carbocycles. The van der Waals surface area contributed by atoms with E-state index in [9.17, 15) is 13.2 Å². The number of esters is 1. The summed E-state index contributed by atoms with van der Waals surface area (Å²) < 4.78 is 31.6. The van der Waals surface area contributed by atoms with E-state index < -0.39 is 16.0 Å². The van der Waals surface area contributed by atoms with Gasteiger partial charge in [0.05, 0.1) is 23.1 Å². The lowest BCUT2D eigenvalue weighted by Gasteiger charge is -2.23. The Labute approximate surface area is 140 Å². The first-order chi connectivity index (χ1) is 10.9. The second-order valence-corrected chi connectivity index (χ2v) is 7.93. The maximum Gasteiger partial charge on any atom is 0.338 e. The lowest BCUT2D eigenvalue weighted by molar-refractivity contribution is 0.0526. The molecule has 0 aliphatic rings. The number of carbonyl (C=O) groups excluding carboxylic acids is 1. The van der Waals surface area contributed by atoms with E-state index in [1.165, 1.54) is 39.9 Å². The highest BCUT2D eigenvalue weighted by molar-refractivity contribution is 7.89. The molecule has 1 aromatic heterocycles. The summed E-state index contributed by atoms with van der Waals surface area (Å²) in [6.45, 7) is 3.84. The number of hydrogen-bond acceptors (Lipinski definition) is 5. The van der Waals surface area contributed by atoms with Crippen molar-refractivity contribution in [1.82, 2.24) is 4.31 Å². The largest absolute Gasteiger partial charge is 0.462 e. The van der Waals surface area contributed by atoms with Crippen molar-refractivity contribution in [3.05, 3.63) is 52.2 Å². The van der Waals surface area contributed by atoms with Crippen LogP contribution in [0.15, 0.2) is 46.7 Å². The molecule has 0 radical (unpaired) electrons. The van der Waals surface area contributed by atoms with Crippen LogP contribution in [0.5, 0.6) is 0 Å². The fourth-order valence-corrected chi connectivity index (χ4v) is 4.30. The summed E-state index contributed by atoms with van der Waals surface area (Å²) in [5.74, 6) is -0.461. The molecule has 1 heterocycles. The first-order valence-corrected chi connectivity index (χ1v) is 9.48. The summed E-state index contributed by atoms with van der Waals surface area (Å²) >= 11 is 1.52. The SMILES string of the molecule is CCOC(=O)c1ccc(S(=O)(=O)N(C)[C@H](C)c2cccs2)cc1. The predicted molar refractivity (Wildman–Crippen MR) is 90.1 cm³/mol. The van der Waals surface area contributed by atoms with E-state index in [-0.39, 0.29) is 17.5 Å². The van der Waals surface area contributed by atoms with Crippen molar-refractivity contribution in [2.24, 2.45) is 0 Å². The molecule has 1 aromatic carbocycles. The number of ether oxygens (including phenoxy) is 1. The van der Waals surface area contributed by atoms with Gasteiger partial charge in [-0.25, -0.2) is 13.2 Å². The van der Waals surface area contributed by atoms with Crippen LogP contribution in [0.4, 0.5) is 0 Å². The maximum atomic E-state index is 12.7. The lowest BCUT2D eigenvalue weighted by atomic mass is 10.2.